The van der Waals surface area contributed by atoms with Crippen LogP contribution in [0.3, 0.4) is 0 Å². The van der Waals surface area contributed by atoms with E-state index in [4.69, 9.17) is 4.42 Å². The van der Waals surface area contributed by atoms with Gasteiger partial charge < -0.3 is 14.8 Å². The summed E-state index contributed by atoms with van der Waals surface area (Å²) in [4.78, 5) is 14.3. The Kier molecular flexibility index (Phi) is 4.67. The number of nitrogens with one attached hydrogen (secondary N) is 1. The fourth-order valence-corrected chi connectivity index (χ4v) is 1.84. The number of nitrogens with zero attached hydrogens (tertiary/aromatic N) is 2. The number of rotatable bonds is 7. The highest BCUT2D eigenvalue weighted by Gasteiger charge is 2.16. The highest BCUT2D eigenvalue weighted by atomic mass is 16.6. The lowest BCUT2D eigenvalue weighted by Crippen LogP contribution is -2.21. The van der Waals surface area contributed by atoms with E-state index in [1.54, 1.807) is 12.3 Å². The van der Waals surface area contributed by atoms with E-state index in [1.165, 1.54) is 18.3 Å². The van der Waals surface area contributed by atoms with E-state index < -0.39 is 4.92 Å². The summed E-state index contributed by atoms with van der Waals surface area (Å²) >= 11 is 0. The zero-order valence-corrected chi connectivity index (χ0v) is 10.7. The summed E-state index contributed by atoms with van der Waals surface area (Å²) in [5.74, 6) is 0.861. The van der Waals surface area contributed by atoms with Gasteiger partial charge in [-0.15, -0.1) is 0 Å². The van der Waals surface area contributed by atoms with Crippen LogP contribution in [0.2, 0.25) is 0 Å². The Labute approximate surface area is 115 Å². The van der Waals surface area contributed by atoms with Crippen molar-refractivity contribution in [1.29, 1.82) is 0 Å². The van der Waals surface area contributed by atoms with Crippen LogP contribution >= 0.6 is 0 Å². The maximum atomic E-state index is 10.9. The molecule has 0 aliphatic heterocycles. The minimum Gasteiger partial charge on any atom is -0.469 e. The normalized spacial score (nSPS) is 12.1. The fraction of sp³-hybridized carbons (Fsp3) is 0.308. The number of furan rings is 1. The molecular formula is C13H15N3O4. The summed E-state index contributed by atoms with van der Waals surface area (Å²) in [5, 5.41) is 23.1. The smallest absolute Gasteiger partial charge is 0.311 e. The molecule has 2 heterocycles. The lowest BCUT2D eigenvalue weighted by molar-refractivity contribution is -0.384. The number of hydrogen-bond donors (Lipinski definition) is 2. The monoisotopic (exact) mass is 277 g/mol. The van der Waals surface area contributed by atoms with Crippen LogP contribution in [-0.4, -0.2) is 28.2 Å². The van der Waals surface area contributed by atoms with Gasteiger partial charge in [-0.25, -0.2) is 4.98 Å². The molecule has 0 radical (unpaired) electrons. The first kappa shape index (κ1) is 14.0. The first-order valence-electron chi connectivity index (χ1n) is 6.17. The SMILES string of the molecule is O=[N+]([O-])c1cccnc1NC[C@H](CO)Cc1ccco1. The van der Waals surface area contributed by atoms with E-state index in [0.717, 1.165) is 5.76 Å². The van der Waals surface area contributed by atoms with Gasteiger partial charge in [0.2, 0.25) is 5.82 Å². The van der Waals surface area contributed by atoms with Gasteiger partial charge in [-0.05, 0) is 18.2 Å². The van der Waals surface area contributed by atoms with E-state index in [9.17, 15) is 15.2 Å². The third-order valence-corrected chi connectivity index (χ3v) is 2.87. The Morgan fingerprint density at radius 2 is 2.30 bits per heavy atom. The van der Waals surface area contributed by atoms with Gasteiger partial charge in [0.25, 0.3) is 0 Å². The number of aliphatic hydroxyl groups is 1. The molecule has 0 amide bonds. The maximum Gasteiger partial charge on any atom is 0.311 e. The van der Waals surface area contributed by atoms with E-state index in [1.807, 2.05) is 6.07 Å². The van der Waals surface area contributed by atoms with Gasteiger partial charge >= 0.3 is 5.69 Å². The lowest BCUT2D eigenvalue weighted by atomic mass is 10.1. The predicted molar refractivity (Wildman–Crippen MR) is 72.4 cm³/mol. The number of hydrogen-bond acceptors (Lipinski definition) is 6. The zero-order chi connectivity index (χ0) is 14.4. The Balaban J connectivity index is 1.98. The van der Waals surface area contributed by atoms with E-state index in [2.05, 4.69) is 10.3 Å². The molecule has 7 heteroatoms. The Hall–Kier alpha value is -2.41. The third-order valence-electron chi connectivity index (χ3n) is 2.87. The van der Waals surface area contributed by atoms with Crippen molar-refractivity contribution >= 4 is 11.5 Å². The van der Waals surface area contributed by atoms with Crippen LogP contribution in [0.25, 0.3) is 0 Å². The standard InChI is InChI=1S/C13H15N3O4/c17-9-10(7-11-3-2-6-20-11)8-15-13-12(16(18)19)4-1-5-14-13/h1-6,10,17H,7-9H2,(H,14,15)/t10-/m1/s1. The molecule has 0 fully saturated rings. The first-order chi connectivity index (χ1) is 9.70. The van der Waals surface area contributed by atoms with Crippen molar-refractivity contribution in [1.82, 2.24) is 4.98 Å². The van der Waals surface area contributed by atoms with Crippen LogP contribution < -0.4 is 5.32 Å². The molecule has 0 aliphatic rings. The number of aliphatic hydroxyl groups excluding tert-OH is 1. The molecule has 0 aromatic carbocycles. The molecule has 7 nitrogen and oxygen atoms in total. The number of aromatic nitrogens is 1. The van der Waals surface area contributed by atoms with Gasteiger partial charge in [-0.1, -0.05) is 0 Å². The van der Waals surface area contributed by atoms with Crippen molar-refractivity contribution in [3.8, 4) is 0 Å². The second kappa shape index (κ2) is 6.67. The molecule has 2 aromatic rings. The molecule has 2 aromatic heterocycles. The largest absolute Gasteiger partial charge is 0.469 e. The molecule has 0 unspecified atom stereocenters. The van der Waals surface area contributed by atoms with Crippen molar-refractivity contribution in [2.75, 3.05) is 18.5 Å². The van der Waals surface area contributed by atoms with Crippen molar-refractivity contribution in [3.05, 3.63) is 52.6 Å². The molecule has 0 saturated carbocycles. The second-order valence-electron chi connectivity index (χ2n) is 4.34. The summed E-state index contributed by atoms with van der Waals surface area (Å²) in [6, 6.07) is 6.50. The van der Waals surface area contributed by atoms with E-state index in [0.29, 0.717) is 13.0 Å². The second-order valence-corrected chi connectivity index (χ2v) is 4.34. The first-order valence-corrected chi connectivity index (χ1v) is 6.17. The van der Waals surface area contributed by atoms with Crippen LogP contribution in [0.4, 0.5) is 11.5 Å². The molecule has 0 bridgehead atoms. The summed E-state index contributed by atoms with van der Waals surface area (Å²) in [6.45, 7) is 0.323. The average molecular weight is 277 g/mol. The maximum absolute atomic E-state index is 10.9. The summed E-state index contributed by atoms with van der Waals surface area (Å²) < 4.78 is 5.22. The van der Waals surface area contributed by atoms with Gasteiger partial charge in [0.05, 0.1) is 11.2 Å². The minimum absolute atomic E-state index is 0.0473. The van der Waals surface area contributed by atoms with Crippen LogP contribution in [0, 0.1) is 16.0 Å². The molecule has 0 aliphatic carbocycles. The van der Waals surface area contributed by atoms with E-state index in [-0.39, 0.29) is 24.0 Å². The molecule has 20 heavy (non-hydrogen) atoms. The van der Waals surface area contributed by atoms with Gasteiger partial charge in [0.15, 0.2) is 0 Å². The number of nitro groups is 1. The molecule has 0 saturated heterocycles. The highest BCUT2D eigenvalue weighted by Crippen LogP contribution is 2.21. The quantitative estimate of drug-likeness (QED) is 0.591. The number of pyridine rings is 1. The van der Waals surface area contributed by atoms with Crippen molar-refractivity contribution < 1.29 is 14.4 Å². The van der Waals surface area contributed by atoms with Crippen LogP contribution in [0.5, 0.6) is 0 Å². The Morgan fingerprint density at radius 1 is 1.45 bits per heavy atom. The lowest BCUT2D eigenvalue weighted by Gasteiger charge is -2.14. The van der Waals surface area contributed by atoms with Gasteiger partial charge in [-0.3, -0.25) is 10.1 Å². The third kappa shape index (κ3) is 3.55. The minimum atomic E-state index is -0.490. The molecule has 2 N–H and O–H groups in total. The van der Waals surface area contributed by atoms with Gasteiger partial charge in [0, 0.05) is 37.8 Å². The summed E-state index contributed by atoms with van der Waals surface area (Å²) in [6.07, 6.45) is 3.60. The average Bonchev–Trinajstić information content (AvgIpc) is 2.96. The van der Waals surface area contributed by atoms with Crippen LogP contribution in [0.15, 0.2) is 41.1 Å². The Morgan fingerprint density at radius 3 is 2.95 bits per heavy atom. The highest BCUT2D eigenvalue weighted by molar-refractivity contribution is 5.55. The van der Waals surface area contributed by atoms with Crippen molar-refractivity contribution in [3.63, 3.8) is 0 Å². The topological polar surface area (TPSA) is 101 Å². The summed E-state index contributed by atoms with van der Waals surface area (Å²) in [7, 11) is 0. The van der Waals surface area contributed by atoms with Crippen LogP contribution in [0.1, 0.15) is 5.76 Å². The fourth-order valence-electron chi connectivity index (χ4n) is 1.84. The molecule has 0 spiro atoms. The zero-order valence-electron chi connectivity index (χ0n) is 10.7. The molecule has 1 atom stereocenters. The van der Waals surface area contributed by atoms with Crippen LogP contribution in [-0.2, 0) is 6.42 Å². The van der Waals surface area contributed by atoms with E-state index >= 15 is 0 Å². The number of anilines is 1. The molecular weight excluding hydrogens is 262 g/mol. The molecule has 2 rings (SSSR count). The Bertz CT molecular complexity index is 557. The van der Waals surface area contributed by atoms with Gasteiger partial charge in [-0.2, -0.15) is 0 Å². The predicted octanol–water partition coefficient (Wildman–Crippen LogP) is 1.85. The summed E-state index contributed by atoms with van der Waals surface area (Å²) in [5.41, 5.74) is -0.0813. The molecule has 106 valence electrons. The van der Waals surface area contributed by atoms with Crippen molar-refractivity contribution in [2.45, 2.75) is 6.42 Å². The van der Waals surface area contributed by atoms with Crippen molar-refractivity contribution in [2.24, 2.45) is 5.92 Å². The van der Waals surface area contributed by atoms with Gasteiger partial charge in [0.1, 0.15) is 5.76 Å².